The van der Waals surface area contributed by atoms with Crippen LogP contribution in [0.4, 0.5) is 0 Å². The number of hydrogen-bond acceptors (Lipinski definition) is 2. The summed E-state index contributed by atoms with van der Waals surface area (Å²) in [5, 5.41) is 0. The molecule has 0 bridgehead atoms. The molecule has 0 aliphatic rings. The number of rotatable bonds is 3. The van der Waals surface area contributed by atoms with Gasteiger partial charge in [0.05, 0.1) is 6.61 Å². The number of aryl methyl sites for hydroxylation is 1. The summed E-state index contributed by atoms with van der Waals surface area (Å²) in [5.41, 5.74) is 2.85. The number of benzene rings is 1. The van der Waals surface area contributed by atoms with Crippen LogP contribution in [0.3, 0.4) is 0 Å². The van der Waals surface area contributed by atoms with Gasteiger partial charge in [-0.15, -0.1) is 0 Å². The van der Waals surface area contributed by atoms with E-state index in [9.17, 15) is 4.79 Å². The van der Waals surface area contributed by atoms with E-state index in [-0.39, 0.29) is 5.97 Å². The molecule has 1 aromatic carbocycles. The van der Waals surface area contributed by atoms with Gasteiger partial charge in [-0.25, -0.2) is 4.79 Å². The molecule has 0 saturated carbocycles. The van der Waals surface area contributed by atoms with E-state index in [2.05, 4.69) is 0 Å². The topological polar surface area (TPSA) is 26.3 Å². The first kappa shape index (κ1) is 11.5. The van der Waals surface area contributed by atoms with Gasteiger partial charge in [-0.3, -0.25) is 0 Å². The Bertz CT molecular complexity index is 361. The van der Waals surface area contributed by atoms with Crippen molar-refractivity contribution in [2.75, 3.05) is 6.61 Å². The monoisotopic (exact) mass is 204 g/mol. The lowest BCUT2D eigenvalue weighted by atomic mass is 10.1. The minimum absolute atomic E-state index is 0.252. The molecule has 0 N–H and O–H groups in total. The van der Waals surface area contributed by atoms with E-state index in [1.165, 1.54) is 5.56 Å². The highest BCUT2D eigenvalue weighted by atomic mass is 16.5. The lowest BCUT2D eigenvalue weighted by Crippen LogP contribution is -2.04. The second kappa shape index (κ2) is 5.35. The molecule has 0 unspecified atom stereocenters. The molecule has 0 aromatic heterocycles. The van der Waals surface area contributed by atoms with Crippen LogP contribution in [0.25, 0.3) is 6.08 Å². The molecule has 1 rings (SSSR count). The van der Waals surface area contributed by atoms with Gasteiger partial charge in [-0.1, -0.05) is 29.8 Å². The zero-order valence-corrected chi connectivity index (χ0v) is 9.41. The second-order valence-corrected chi connectivity index (χ2v) is 3.46. The van der Waals surface area contributed by atoms with Crippen molar-refractivity contribution in [1.29, 1.82) is 0 Å². The normalized spacial score (nSPS) is 11.3. The van der Waals surface area contributed by atoms with Crippen molar-refractivity contribution in [1.82, 2.24) is 0 Å². The van der Waals surface area contributed by atoms with Gasteiger partial charge < -0.3 is 4.74 Å². The fraction of sp³-hybridized carbons (Fsp3) is 0.308. The number of esters is 1. The van der Waals surface area contributed by atoms with Gasteiger partial charge in [0, 0.05) is 5.57 Å². The maximum Gasteiger partial charge on any atom is 0.333 e. The van der Waals surface area contributed by atoms with Gasteiger partial charge in [-0.2, -0.15) is 0 Å². The molecular formula is C13H16O2. The van der Waals surface area contributed by atoms with Crippen LogP contribution in [0.5, 0.6) is 0 Å². The Morgan fingerprint density at radius 2 is 1.93 bits per heavy atom. The summed E-state index contributed by atoms with van der Waals surface area (Å²) in [5.74, 6) is -0.252. The predicted molar refractivity (Wildman–Crippen MR) is 61.5 cm³/mol. The van der Waals surface area contributed by atoms with E-state index >= 15 is 0 Å². The molecule has 1 aromatic rings. The minimum Gasteiger partial charge on any atom is -0.463 e. The second-order valence-electron chi connectivity index (χ2n) is 3.46. The number of hydrogen-bond donors (Lipinski definition) is 0. The summed E-state index contributed by atoms with van der Waals surface area (Å²) in [6.07, 6.45) is 1.83. The maximum absolute atomic E-state index is 11.3. The van der Waals surface area contributed by atoms with E-state index in [0.717, 1.165) is 5.56 Å². The Morgan fingerprint density at radius 3 is 2.47 bits per heavy atom. The van der Waals surface area contributed by atoms with Crippen LogP contribution in [0.2, 0.25) is 0 Å². The van der Waals surface area contributed by atoms with E-state index in [0.29, 0.717) is 12.2 Å². The fourth-order valence-corrected chi connectivity index (χ4v) is 1.22. The number of ether oxygens (including phenoxy) is 1. The zero-order chi connectivity index (χ0) is 11.3. The van der Waals surface area contributed by atoms with Crippen molar-refractivity contribution in [3.8, 4) is 0 Å². The third-order valence-electron chi connectivity index (χ3n) is 2.06. The van der Waals surface area contributed by atoms with Crippen LogP contribution in [0.15, 0.2) is 29.8 Å². The van der Waals surface area contributed by atoms with Crippen LogP contribution >= 0.6 is 0 Å². The quantitative estimate of drug-likeness (QED) is 0.559. The van der Waals surface area contributed by atoms with Crippen LogP contribution in [-0.2, 0) is 9.53 Å². The average Bonchev–Trinajstić information content (AvgIpc) is 2.22. The smallest absolute Gasteiger partial charge is 0.333 e. The molecule has 15 heavy (non-hydrogen) atoms. The van der Waals surface area contributed by atoms with Crippen LogP contribution in [-0.4, -0.2) is 12.6 Å². The molecule has 0 fully saturated rings. The number of carbonyl (C=O) groups is 1. The average molecular weight is 204 g/mol. The van der Waals surface area contributed by atoms with E-state index in [4.69, 9.17) is 4.74 Å². The molecule has 2 heteroatoms. The first-order valence-corrected chi connectivity index (χ1v) is 5.05. The van der Waals surface area contributed by atoms with E-state index in [1.54, 1.807) is 13.8 Å². The van der Waals surface area contributed by atoms with E-state index < -0.39 is 0 Å². The zero-order valence-electron chi connectivity index (χ0n) is 9.41. The highest BCUT2D eigenvalue weighted by Gasteiger charge is 2.03. The van der Waals surface area contributed by atoms with Crippen LogP contribution < -0.4 is 0 Å². The molecule has 0 heterocycles. The Morgan fingerprint density at radius 1 is 1.33 bits per heavy atom. The summed E-state index contributed by atoms with van der Waals surface area (Å²) in [4.78, 5) is 11.3. The summed E-state index contributed by atoms with van der Waals surface area (Å²) in [7, 11) is 0. The lowest BCUT2D eigenvalue weighted by Gasteiger charge is -2.01. The Balaban J connectivity index is 2.78. The first-order chi connectivity index (χ1) is 7.13. The SMILES string of the molecule is CCOC(=O)/C(C)=C/c1ccc(C)cc1. The molecule has 80 valence electrons. The maximum atomic E-state index is 11.3. The van der Waals surface area contributed by atoms with E-state index in [1.807, 2.05) is 37.3 Å². The third-order valence-corrected chi connectivity index (χ3v) is 2.06. The Labute approximate surface area is 90.6 Å². The molecule has 2 nitrogen and oxygen atoms in total. The van der Waals surface area contributed by atoms with Gasteiger partial charge in [0.1, 0.15) is 0 Å². The summed E-state index contributed by atoms with van der Waals surface area (Å²) < 4.78 is 4.89. The first-order valence-electron chi connectivity index (χ1n) is 5.05. The Kier molecular flexibility index (Phi) is 4.10. The standard InChI is InChI=1S/C13H16O2/c1-4-15-13(14)11(3)9-12-7-5-10(2)6-8-12/h5-9H,4H2,1-3H3/b11-9+. The molecule has 0 spiro atoms. The molecule has 0 aliphatic heterocycles. The molecule has 0 saturated heterocycles. The number of carbonyl (C=O) groups excluding carboxylic acids is 1. The van der Waals surface area contributed by atoms with Crippen LogP contribution in [0, 0.1) is 6.92 Å². The van der Waals surface area contributed by atoms with Crippen molar-refractivity contribution < 1.29 is 9.53 Å². The van der Waals surface area contributed by atoms with Crippen molar-refractivity contribution in [3.05, 3.63) is 41.0 Å². The van der Waals surface area contributed by atoms with Gasteiger partial charge in [0.15, 0.2) is 0 Å². The lowest BCUT2D eigenvalue weighted by molar-refractivity contribution is -0.138. The van der Waals surface area contributed by atoms with Gasteiger partial charge in [0.2, 0.25) is 0 Å². The summed E-state index contributed by atoms with van der Waals surface area (Å²) >= 11 is 0. The van der Waals surface area contributed by atoms with Crippen molar-refractivity contribution in [2.45, 2.75) is 20.8 Å². The van der Waals surface area contributed by atoms with Crippen molar-refractivity contribution in [3.63, 3.8) is 0 Å². The molecule has 0 radical (unpaired) electrons. The molecular weight excluding hydrogens is 188 g/mol. The van der Waals surface area contributed by atoms with Crippen molar-refractivity contribution >= 4 is 12.0 Å². The van der Waals surface area contributed by atoms with Crippen molar-refractivity contribution in [2.24, 2.45) is 0 Å². The Hall–Kier alpha value is -1.57. The highest BCUT2D eigenvalue weighted by Crippen LogP contribution is 2.09. The molecule has 0 aliphatic carbocycles. The van der Waals surface area contributed by atoms with Gasteiger partial charge in [0.25, 0.3) is 0 Å². The fourth-order valence-electron chi connectivity index (χ4n) is 1.22. The van der Waals surface area contributed by atoms with Gasteiger partial charge >= 0.3 is 5.97 Å². The van der Waals surface area contributed by atoms with Crippen LogP contribution in [0.1, 0.15) is 25.0 Å². The summed E-state index contributed by atoms with van der Waals surface area (Å²) in [6, 6.07) is 8.00. The molecule has 0 amide bonds. The highest BCUT2D eigenvalue weighted by molar-refractivity contribution is 5.92. The molecule has 0 atom stereocenters. The third kappa shape index (κ3) is 3.58. The summed E-state index contributed by atoms with van der Waals surface area (Å²) in [6.45, 7) is 6.01. The largest absolute Gasteiger partial charge is 0.463 e. The van der Waals surface area contributed by atoms with Gasteiger partial charge in [-0.05, 0) is 32.4 Å². The minimum atomic E-state index is -0.252. The predicted octanol–water partition coefficient (Wildman–Crippen LogP) is 2.96.